The Hall–Kier alpha value is -3.57. The van der Waals surface area contributed by atoms with E-state index in [0.29, 0.717) is 48.2 Å². The number of benzene rings is 1. The van der Waals surface area contributed by atoms with Crippen molar-refractivity contribution in [1.29, 1.82) is 5.26 Å². The van der Waals surface area contributed by atoms with Crippen LogP contribution in [0.1, 0.15) is 25.3 Å². The molecule has 0 saturated carbocycles. The number of aliphatic imine (C=N–C) groups is 2. The summed E-state index contributed by atoms with van der Waals surface area (Å²) in [6, 6.07) is 11.6. The van der Waals surface area contributed by atoms with Crippen LogP contribution in [0, 0.1) is 11.3 Å². The summed E-state index contributed by atoms with van der Waals surface area (Å²) in [5.74, 6) is 1.82. The molecular weight excluding hydrogens is 394 g/mol. The number of rotatable bonds is 7. The lowest BCUT2D eigenvalue weighted by Gasteiger charge is -2.23. The van der Waals surface area contributed by atoms with Crippen molar-refractivity contribution in [1.82, 2.24) is 4.98 Å². The van der Waals surface area contributed by atoms with Crippen LogP contribution in [0.2, 0.25) is 0 Å². The predicted octanol–water partition coefficient (Wildman–Crippen LogP) is 3.28. The number of ether oxygens (including phenoxy) is 2. The van der Waals surface area contributed by atoms with E-state index in [1.54, 1.807) is 20.2 Å². The van der Waals surface area contributed by atoms with Crippen molar-refractivity contribution >= 4 is 23.7 Å². The first kappa shape index (κ1) is 22.1. The molecule has 1 aliphatic heterocycles. The third-order valence-electron chi connectivity index (χ3n) is 4.87. The minimum Gasteiger partial charge on any atom is -0.489 e. The van der Waals surface area contributed by atoms with Gasteiger partial charge in [-0.1, -0.05) is 6.07 Å². The molecule has 0 amide bonds. The molecule has 2 aromatic rings. The quantitative estimate of drug-likeness (QED) is 0.419. The first-order chi connectivity index (χ1) is 15.1. The van der Waals surface area contributed by atoms with Crippen molar-refractivity contribution in [3.63, 3.8) is 0 Å². The number of anilines is 1. The van der Waals surface area contributed by atoms with Crippen molar-refractivity contribution in [2.24, 2.45) is 9.98 Å². The minimum atomic E-state index is 0.0724. The van der Waals surface area contributed by atoms with Crippen molar-refractivity contribution in [3.8, 4) is 22.9 Å². The molecule has 3 rings (SSSR count). The molecule has 1 N–H and O–H groups in total. The highest BCUT2D eigenvalue weighted by Crippen LogP contribution is 2.29. The van der Waals surface area contributed by atoms with Gasteiger partial charge in [0.1, 0.15) is 23.7 Å². The van der Waals surface area contributed by atoms with Gasteiger partial charge >= 0.3 is 0 Å². The number of hydrogen-bond donors (Lipinski definition) is 1. The first-order valence-electron chi connectivity index (χ1n) is 10.1. The van der Waals surface area contributed by atoms with E-state index in [4.69, 9.17) is 9.47 Å². The number of carbonyl (C=O) groups is 1. The number of aromatic nitrogens is 1. The van der Waals surface area contributed by atoms with Crippen LogP contribution in [0.3, 0.4) is 0 Å². The molecule has 1 saturated heterocycles. The summed E-state index contributed by atoms with van der Waals surface area (Å²) in [6.07, 6.45) is 4.10. The van der Waals surface area contributed by atoms with Crippen LogP contribution in [0.25, 0.3) is 11.1 Å². The van der Waals surface area contributed by atoms with Crippen LogP contribution >= 0.6 is 0 Å². The van der Waals surface area contributed by atoms with Crippen LogP contribution in [0.5, 0.6) is 5.75 Å². The van der Waals surface area contributed by atoms with Gasteiger partial charge in [0.05, 0.1) is 36.9 Å². The number of aldehydes is 1. The van der Waals surface area contributed by atoms with Gasteiger partial charge in [-0.25, -0.2) is 4.98 Å². The fourth-order valence-corrected chi connectivity index (χ4v) is 3.14. The summed E-state index contributed by atoms with van der Waals surface area (Å²) in [5, 5.41) is 12.7. The van der Waals surface area contributed by atoms with Crippen molar-refractivity contribution < 1.29 is 14.3 Å². The zero-order chi connectivity index (χ0) is 22.1. The summed E-state index contributed by atoms with van der Waals surface area (Å²) >= 11 is 0. The number of nitriles is 1. The van der Waals surface area contributed by atoms with E-state index in [1.807, 2.05) is 30.3 Å². The summed E-state index contributed by atoms with van der Waals surface area (Å²) in [6.45, 7) is 3.37. The van der Waals surface area contributed by atoms with E-state index in [9.17, 15) is 10.1 Å². The zero-order valence-electron chi connectivity index (χ0n) is 17.7. The standard InChI is InChI=1S/C23H25N5O3/c1-16(27-14-20(15-29)25-2)28-23-12-18(5-8-26-23)17-3-4-22(19(11-17)13-24)31-21-6-9-30-10-7-21/h3-5,8,11-12,15,21H,6-7,9-10,14H2,1-2H3,(H,26,27,28). The molecule has 0 spiro atoms. The second-order valence-corrected chi connectivity index (χ2v) is 7.04. The van der Waals surface area contributed by atoms with E-state index in [-0.39, 0.29) is 12.6 Å². The van der Waals surface area contributed by atoms with Crippen LogP contribution in [0.15, 0.2) is 46.5 Å². The molecule has 0 unspecified atom stereocenters. The van der Waals surface area contributed by atoms with E-state index < -0.39 is 0 Å². The lowest BCUT2D eigenvalue weighted by molar-refractivity contribution is -0.102. The molecule has 1 aromatic heterocycles. The van der Waals surface area contributed by atoms with Crippen molar-refractivity contribution in [3.05, 3.63) is 42.1 Å². The Labute approximate surface area is 181 Å². The van der Waals surface area contributed by atoms with Gasteiger partial charge in [-0.05, 0) is 42.3 Å². The number of amidine groups is 1. The number of hydrogen-bond acceptors (Lipinski definition) is 7. The number of nitrogens with zero attached hydrogens (tertiary/aromatic N) is 4. The monoisotopic (exact) mass is 419 g/mol. The molecule has 8 heteroatoms. The van der Waals surface area contributed by atoms with Crippen molar-refractivity contribution in [2.45, 2.75) is 25.9 Å². The van der Waals surface area contributed by atoms with E-state index in [1.165, 1.54) is 0 Å². The summed E-state index contributed by atoms with van der Waals surface area (Å²) in [4.78, 5) is 23.3. The predicted molar refractivity (Wildman–Crippen MR) is 120 cm³/mol. The molecule has 0 radical (unpaired) electrons. The smallest absolute Gasteiger partial charge is 0.165 e. The molecule has 8 nitrogen and oxygen atoms in total. The Morgan fingerprint density at radius 1 is 1.32 bits per heavy atom. The SMILES string of the molecule is CN=C(C=O)CN=C(C)Nc1cc(-c2ccc(OC3CCOCC3)c(C#N)c2)ccn1. The molecule has 1 aliphatic rings. The highest BCUT2D eigenvalue weighted by Gasteiger charge is 2.17. The molecule has 160 valence electrons. The molecule has 0 atom stereocenters. The molecular formula is C23H25N5O3. The Morgan fingerprint density at radius 3 is 2.81 bits per heavy atom. The lowest BCUT2D eigenvalue weighted by Crippen LogP contribution is -2.26. The first-order valence-corrected chi connectivity index (χ1v) is 10.1. The van der Waals surface area contributed by atoms with Crippen LogP contribution < -0.4 is 10.1 Å². The van der Waals surface area contributed by atoms with Crippen LogP contribution in [-0.2, 0) is 9.53 Å². The van der Waals surface area contributed by atoms with Gasteiger partial charge in [0.25, 0.3) is 0 Å². The largest absolute Gasteiger partial charge is 0.489 e. The Morgan fingerprint density at radius 2 is 2.10 bits per heavy atom. The second-order valence-electron chi connectivity index (χ2n) is 7.04. The van der Waals surface area contributed by atoms with Gasteiger partial charge < -0.3 is 14.8 Å². The zero-order valence-corrected chi connectivity index (χ0v) is 17.7. The second kappa shape index (κ2) is 11.0. The van der Waals surface area contributed by atoms with Gasteiger partial charge in [-0.15, -0.1) is 0 Å². The highest BCUT2D eigenvalue weighted by molar-refractivity contribution is 6.29. The Kier molecular flexibility index (Phi) is 7.85. The van der Waals surface area contributed by atoms with Gasteiger partial charge in [-0.2, -0.15) is 5.26 Å². The third kappa shape index (κ3) is 6.20. The Balaban J connectivity index is 1.74. The van der Waals surface area contributed by atoms with Crippen LogP contribution in [-0.4, -0.2) is 55.7 Å². The van der Waals surface area contributed by atoms with Gasteiger partial charge in [0.15, 0.2) is 6.29 Å². The molecule has 1 aromatic carbocycles. The van der Waals surface area contributed by atoms with E-state index in [0.717, 1.165) is 24.0 Å². The normalized spacial score (nSPS) is 15.3. The fraction of sp³-hybridized carbons (Fsp3) is 0.348. The van der Waals surface area contributed by atoms with Gasteiger partial charge in [0, 0.05) is 26.1 Å². The number of nitrogens with one attached hydrogen (secondary N) is 1. The van der Waals surface area contributed by atoms with E-state index >= 15 is 0 Å². The van der Waals surface area contributed by atoms with E-state index in [2.05, 4.69) is 26.4 Å². The molecule has 31 heavy (non-hydrogen) atoms. The molecule has 0 aliphatic carbocycles. The summed E-state index contributed by atoms with van der Waals surface area (Å²) < 4.78 is 11.4. The fourth-order valence-electron chi connectivity index (χ4n) is 3.14. The summed E-state index contributed by atoms with van der Waals surface area (Å²) in [5.41, 5.74) is 2.66. The highest BCUT2D eigenvalue weighted by atomic mass is 16.5. The molecule has 1 fully saturated rings. The lowest BCUT2D eigenvalue weighted by atomic mass is 10.0. The topological polar surface area (TPSA) is 109 Å². The summed E-state index contributed by atoms with van der Waals surface area (Å²) in [7, 11) is 1.56. The minimum absolute atomic E-state index is 0.0724. The molecule has 2 heterocycles. The maximum atomic E-state index is 10.8. The maximum absolute atomic E-state index is 10.8. The van der Waals surface area contributed by atoms with Gasteiger partial charge in [-0.3, -0.25) is 14.8 Å². The molecule has 0 bridgehead atoms. The van der Waals surface area contributed by atoms with Gasteiger partial charge in [0.2, 0.25) is 0 Å². The third-order valence-corrected chi connectivity index (χ3v) is 4.87. The maximum Gasteiger partial charge on any atom is 0.165 e. The number of carbonyl (C=O) groups excluding carboxylic acids is 1. The average Bonchev–Trinajstić information content (AvgIpc) is 2.81. The van der Waals surface area contributed by atoms with Crippen molar-refractivity contribution in [2.75, 3.05) is 32.1 Å². The Bertz CT molecular complexity index is 1020. The average molecular weight is 419 g/mol. The van der Waals surface area contributed by atoms with Crippen LogP contribution in [0.4, 0.5) is 5.82 Å². The number of pyridine rings is 1.